The molecular formula is C37H45N9O4S. The zero-order valence-electron chi connectivity index (χ0n) is 30.1. The molecule has 0 saturated carbocycles. The Bertz CT molecular complexity index is 2150. The van der Waals surface area contributed by atoms with Crippen molar-refractivity contribution in [2.24, 2.45) is 7.05 Å². The highest BCUT2D eigenvalue weighted by molar-refractivity contribution is 7.92. The number of carbonyl (C=O) groups excluding carboxylic acids is 1. The third kappa shape index (κ3) is 8.24. The van der Waals surface area contributed by atoms with Crippen molar-refractivity contribution < 1.29 is 17.9 Å². The smallest absolute Gasteiger partial charge is 0.255 e. The number of aromatic nitrogens is 5. The molecule has 0 radical (unpaired) electrons. The number of nitrogens with one attached hydrogen (secondary N) is 2. The van der Waals surface area contributed by atoms with E-state index in [1.165, 1.54) is 12.7 Å². The molecule has 14 heteroatoms. The predicted octanol–water partition coefficient (Wildman–Crippen LogP) is 5.23. The normalized spacial score (nSPS) is 14.1. The number of nitrogens with zero attached hydrogens (tertiary/aromatic N) is 7. The van der Waals surface area contributed by atoms with Gasteiger partial charge in [-0.15, -0.1) is 5.10 Å². The fourth-order valence-corrected chi connectivity index (χ4v) is 6.71. The van der Waals surface area contributed by atoms with Crippen molar-refractivity contribution in [2.75, 3.05) is 54.5 Å². The molecule has 3 aromatic carbocycles. The maximum absolute atomic E-state index is 13.7. The lowest BCUT2D eigenvalue weighted by Gasteiger charge is -2.35. The second-order valence-corrected chi connectivity index (χ2v) is 15.8. The maximum atomic E-state index is 13.7. The molecule has 1 aliphatic rings. The quantitative estimate of drug-likeness (QED) is 0.199. The summed E-state index contributed by atoms with van der Waals surface area (Å²) in [6.45, 7) is 12.5. The second-order valence-electron chi connectivity index (χ2n) is 14.0. The van der Waals surface area contributed by atoms with Crippen LogP contribution in [0.3, 0.4) is 0 Å². The number of hydrogen-bond acceptors (Lipinski definition) is 9. The van der Waals surface area contributed by atoms with Crippen LogP contribution in [0.4, 0.5) is 17.3 Å². The molecule has 0 unspecified atom stereocenters. The van der Waals surface area contributed by atoms with Crippen LogP contribution in [0.1, 0.15) is 47.8 Å². The SMILES string of the molecule is COc1c(NC(=O)c2ccc(C)c(-n3cc(-c4cn(C)c(N5CCN(Cc6ccccc6)CC5)n4)nn3)c2)cc(C(C)(C)C)cc1NS(C)(=O)=O. The molecule has 5 aromatic rings. The Hall–Kier alpha value is -5.21. The van der Waals surface area contributed by atoms with Gasteiger partial charge in [0.15, 0.2) is 5.75 Å². The molecular weight excluding hydrogens is 667 g/mol. The standard InChI is InChI=1S/C37H45N9O4S/c1-25-13-14-27(35(47)38-29-20-28(37(2,3)4)21-30(34(29)50-6)41-51(7,48)49)19-33(25)46-24-32(40-42-46)31-23-43(5)36(39-31)45-17-15-44(16-18-45)22-26-11-9-8-10-12-26/h8-14,19-21,23-24,41H,15-18,22H2,1-7H3,(H,38,47). The van der Waals surface area contributed by atoms with Crippen molar-refractivity contribution in [3.63, 3.8) is 0 Å². The van der Waals surface area contributed by atoms with Gasteiger partial charge in [0.25, 0.3) is 5.91 Å². The molecule has 1 fully saturated rings. The lowest BCUT2D eigenvalue weighted by molar-refractivity contribution is 0.102. The zero-order valence-corrected chi connectivity index (χ0v) is 31.0. The lowest BCUT2D eigenvalue weighted by atomic mass is 9.86. The molecule has 0 spiro atoms. The molecule has 2 N–H and O–H groups in total. The first-order valence-corrected chi connectivity index (χ1v) is 18.7. The Morgan fingerprint density at radius 3 is 2.31 bits per heavy atom. The number of piperazine rings is 1. The van der Waals surface area contributed by atoms with Crippen molar-refractivity contribution in [3.05, 3.63) is 95.3 Å². The predicted molar refractivity (Wildman–Crippen MR) is 200 cm³/mol. The first-order valence-electron chi connectivity index (χ1n) is 16.8. The van der Waals surface area contributed by atoms with E-state index < -0.39 is 15.9 Å². The zero-order chi connectivity index (χ0) is 36.5. The number of benzene rings is 3. The topological polar surface area (TPSA) is 140 Å². The minimum atomic E-state index is -3.62. The molecule has 0 atom stereocenters. The van der Waals surface area contributed by atoms with E-state index in [2.05, 4.69) is 54.4 Å². The summed E-state index contributed by atoms with van der Waals surface area (Å²) in [7, 11) is -0.195. The van der Waals surface area contributed by atoms with Gasteiger partial charge in [-0.3, -0.25) is 14.4 Å². The van der Waals surface area contributed by atoms with E-state index in [1.807, 2.05) is 63.8 Å². The van der Waals surface area contributed by atoms with E-state index in [0.717, 1.165) is 56.1 Å². The fraction of sp³-hybridized carbons (Fsp3) is 0.351. The Morgan fingerprint density at radius 1 is 0.941 bits per heavy atom. The lowest BCUT2D eigenvalue weighted by Crippen LogP contribution is -2.46. The van der Waals surface area contributed by atoms with Gasteiger partial charge in [-0.1, -0.05) is 62.4 Å². The summed E-state index contributed by atoms with van der Waals surface area (Å²) in [6, 6.07) is 19.4. The number of sulfonamides is 1. The van der Waals surface area contributed by atoms with Crippen LogP contribution in [0.2, 0.25) is 0 Å². The van der Waals surface area contributed by atoms with Gasteiger partial charge >= 0.3 is 0 Å². The van der Waals surface area contributed by atoms with E-state index in [0.29, 0.717) is 28.3 Å². The first kappa shape index (κ1) is 35.6. The third-order valence-electron chi connectivity index (χ3n) is 8.93. The van der Waals surface area contributed by atoms with Crippen LogP contribution in [0.25, 0.3) is 17.1 Å². The average molecular weight is 712 g/mol. The molecule has 1 saturated heterocycles. The van der Waals surface area contributed by atoms with Gasteiger partial charge in [-0.05, 0) is 53.3 Å². The average Bonchev–Trinajstić information content (AvgIpc) is 3.72. The van der Waals surface area contributed by atoms with Gasteiger partial charge in [-0.2, -0.15) is 0 Å². The molecule has 6 rings (SSSR count). The number of anilines is 3. The first-order chi connectivity index (χ1) is 24.2. The van der Waals surface area contributed by atoms with Crippen molar-refractivity contribution in [1.29, 1.82) is 0 Å². The summed E-state index contributed by atoms with van der Waals surface area (Å²) in [5.74, 6) is 0.693. The number of carbonyl (C=O) groups is 1. The number of hydrogen-bond donors (Lipinski definition) is 2. The van der Waals surface area contributed by atoms with Gasteiger partial charge in [-0.25, -0.2) is 18.1 Å². The van der Waals surface area contributed by atoms with Crippen LogP contribution < -0.4 is 19.7 Å². The highest BCUT2D eigenvalue weighted by Gasteiger charge is 2.24. The molecule has 1 aliphatic heterocycles. The van der Waals surface area contributed by atoms with E-state index in [-0.39, 0.29) is 16.9 Å². The van der Waals surface area contributed by atoms with Crippen LogP contribution in [-0.4, -0.2) is 83.3 Å². The summed E-state index contributed by atoms with van der Waals surface area (Å²) >= 11 is 0. The Balaban J connectivity index is 1.20. The molecule has 268 valence electrons. The van der Waals surface area contributed by atoms with Gasteiger partial charge in [0.1, 0.15) is 11.4 Å². The third-order valence-corrected chi connectivity index (χ3v) is 9.52. The van der Waals surface area contributed by atoms with Gasteiger partial charge < -0.3 is 19.5 Å². The number of amides is 1. The Morgan fingerprint density at radius 2 is 1.65 bits per heavy atom. The molecule has 0 bridgehead atoms. The summed E-state index contributed by atoms with van der Waals surface area (Å²) in [5, 5.41) is 11.8. The Labute approximate surface area is 299 Å². The van der Waals surface area contributed by atoms with E-state index >= 15 is 0 Å². The second kappa shape index (κ2) is 14.2. The number of ether oxygens (including phenoxy) is 1. The number of methoxy groups -OCH3 is 1. The molecule has 2 aromatic heterocycles. The van der Waals surface area contributed by atoms with E-state index in [4.69, 9.17) is 9.72 Å². The summed E-state index contributed by atoms with van der Waals surface area (Å²) in [5.41, 5.74) is 5.65. The van der Waals surface area contributed by atoms with Crippen molar-refractivity contribution in [2.45, 2.75) is 39.7 Å². The van der Waals surface area contributed by atoms with Gasteiger partial charge in [0.2, 0.25) is 16.0 Å². The number of rotatable bonds is 10. The number of imidazole rings is 1. The molecule has 3 heterocycles. The molecule has 1 amide bonds. The van der Waals surface area contributed by atoms with E-state index in [1.54, 1.807) is 28.9 Å². The molecule has 13 nitrogen and oxygen atoms in total. The largest absolute Gasteiger partial charge is 0.492 e. The van der Waals surface area contributed by atoms with Crippen LogP contribution in [-0.2, 0) is 29.0 Å². The van der Waals surface area contributed by atoms with Crippen molar-refractivity contribution in [1.82, 2.24) is 29.4 Å². The summed E-state index contributed by atoms with van der Waals surface area (Å²) in [4.78, 5) is 23.4. The monoisotopic (exact) mass is 711 g/mol. The highest BCUT2D eigenvalue weighted by atomic mass is 32.2. The summed E-state index contributed by atoms with van der Waals surface area (Å²) < 4.78 is 36.1. The molecule has 51 heavy (non-hydrogen) atoms. The minimum absolute atomic E-state index is 0.207. The minimum Gasteiger partial charge on any atom is -0.492 e. The van der Waals surface area contributed by atoms with Gasteiger partial charge in [0.05, 0.1) is 36.6 Å². The Kier molecular flexibility index (Phi) is 9.91. The van der Waals surface area contributed by atoms with Crippen LogP contribution in [0.15, 0.2) is 73.1 Å². The summed E-state index contributed by atoms with van der Waals surface area (Å²) in [6.07, 6.45) is 4.84. The van der Waals surface area contributed by atoms with Crippen molar-refractivity contribution in [3.8, 4) is 22.8 Å². The fourth-order valence-electron chi connectivity index (χ4n) is 6.16. The van der Waals surface area contributed by atoms with Crippen molar-refractivity contribution >= 4 is 33.3 Å². The van der Waals surface area contributed by atoms with Crippen LogP contribution in [0.5, 0.6) is 5.75 Å². The van der Waals surface area contributed by atoms with Gasteiger partial charge in [0, 0.05) is 51.5 Å². The van der Waals surface area contributed by atoms with Crippen LogP contribution in [0, 0.1) is 6.92 Å². The van der Waals surface area contributed by atoms with E-state index in [9.17, 15) is 13.2 Å². The van der Waals surface area contributed by atoms with Crippen LogP contribution >= 0.6 is 0 Å². The molecule has 0 aliphatic carbocycles. The maximum Gasteiger partial charge on any atom is 0.255 e. The number of aryl methyl sites for hydroxylation is 2. The highest BCUT2D eigenvalue weighted by Crippen LogP contribution is 2.39.